The molecule has 0 saturated heterocycles. The average Bonchev–Trinajstić information content (AvgIpc) is 2.88. The van der Waals surface area contributed by atoms with Gasteiger partial charge in [0, 0.05) is 30.8 Å². The molecule has 0 aliphatic heterocycles. The highest BCUT2D eigenvalue weighted by molar-refractivity contribution is 7.11. The molecule has 1 aromatic rings. The molecular weight excluding hydrogens is 284 g/mol. The zero-order chi connectivity index (χ0) is 15.5. The first kappa shape index (κ1) is 18.6. The maximum atomic E-state index is 9.89. The van der Waals surface area contributed by atoms with Crippen molar-refractivity contribution in [1.29, 1.82) is 0 Å². The molecule has 2 unspecified atom stereocenters. The Morgan fingerprint density at radius 1 is 1.38 bits per heavy atom. The van der Waals surface area contributed by atoms with Crippen molar-refractivity contribution in [3.05, 3.63) is 16.1 Å². The molecular formula is C16H30N2O2S. The van der Waals surface area contributed by atoms with Crippen LogP contribution in [0.5, 0.6) is 0 Å². The number of ether oxygens (including phenoxy) is 1. The number of nitrogens with one attached hydrogen (secondary N) is 1. The number of rotatable bonds is 12. The summed E-state index contributed by atoms with van der Waals surface area (Å²) in [6.45, 7) is 8.92. The summed E-state index contributed by atoms with van der Waals surface area (Å²) in [5.41, 5.74) is 0. The molecule has 5 heteroatoms. The van der Waals surface area contributed by atoms with Crippen LogP contribution in [0.1, 0.15) is 49.4 Å². The van der Waals surface area contributed by atoms with Crippen LogP contribution in [-0.2, 0) is 11.3 Å². The Labute approximate surface area is 132 Å². The molecule has 0 saturated carbocycles. The lowest BCUT2D eigenvalue weighted by Crippen LogP contribution is -2.30. The second kappa shape index (κ2) is 11.1. The van der Waals surface area contributed by atoms with Crippen LogP contribution in [0.3, 0.4) is 0 Å². The quantitative estimate of drug-likeness (QED) is 0.622. The van der Waals surface area contributed by atoms with E-state index in [2.05, 4.69) is 24.1 Å². The van der Waals surface area contributed by atoms with Crippen LogP contribution >= 0.6 is 11.3 Å². The maximum absolute atomic E-state index is 9.89. The van der Waals surface area contributed by atoms with Gasteiger partial charge < -0.3 is 15.2 Å². The zero-order valence-electron chi connectivity index (χ0n) is 13.6. The maximum Gasteiger partial charge on any atom is 0.0897 e. The highest BCUT2D eigenvalue weighted by Crippen LogP contribution is 2.13. The van der Waals surface area contributed by atoms with E-state index in [0.717, 1.165) is 24.6 Å². The third-order valence-corrected chi connectivity index (χ3v) is 4.47. The molecule has 0 radical (unpaired) electrons. The van der Waals surface area contributed by atoms with Gasteiger partial charge >= 0.3 is 0 Å². The van der Waals surface area contributed by atoms with Gasteiger partial charge in [0.1, 0.15) is 0 Å². The predicted octanol–water partition coefficient (Wildman–Crippen LogP) is 3.14. The summed E-state index contributed by atoms with van der Waals surface area (Å²) in [6, 6.07) is 0. The van der Waals surface area contributed by atoms with Crippen LogP contribution in [-0.4, -0.2) is 36.0 Å². The van der Waals surface area contributed by atoms with Gasteiger partial charge in [0.2, 0.25) is 0 Å². The molecule has 1 rings (SSSR count). The minimum absolute atomic E-state index is 0.414. The van der Waals surface area contributed by atoms with E-state index < -0.39 is 6.10 Å². The van der Waals surface area contributed by atoms with Crippen LogP contribution < -0.4 is 5.32 Å². The van der Waals surface area contributed by atoms with Crippen LogP contribution in [0.2, 0.25) is 0 Å². The lowest BCUT2D eigenvalue weighted by molar-refractivity contribution is 0.0193. The van der Waals surface area contributed by atoms with Gasteiger partial charge in [-0.05, 0) is 19.3 Å². The van der Waals surface area contributed by atoms with E-state index in [1.54, 1.807) is 11.3 Å². The molecule has 2 atom stereocenters. The Morgan fingerprint density at radius 2 is 2.19 bits per heavy atom. The van der Waals surface area contributed by atoms with Crippen molar-refractivity contribution in [1.82, 2.24) is 10.3 Å². The highest BCUT2D eigenvalue weighted by Gasteiger charge is 2.09. The van der Waals surface area contributed by atoms with Gasteiger partial charge in [-0.3, -0.25) is 0 Å². The van der Waals surface area contributed by atoms with Gasteiger partial charge in [0.05, 0.1) is 17.7 Å². The van der Waals surface area contributed by atoms with Crippen molar-refractivity contribution in [3.63, 3.8) is 0 Å². The van der Waals surface area contributed by atoms with Gasteiger partial charge in [-0.2, -0.15) is 0 Å². The van der Waals surface area contributed by atoms with Gasteiger partial charge in [0.25, 0.3) is 0 Å². The summed E-state index contributed by atoms with van der Waals surface area (Å²) < 4.78 is 5.65. The summed E-state index contributed by atoms with van der Waals surface area (Å²) in [5.74, 6) is 0.630. The van der Waals surface area contributed by atoms with Gasteiger partial charge in [0.15, 0.2) is 0 Å². The topological polar surface area (TPSA) is 54.4 Å². The second-order valence-electron chi connectivity index (χ2n) is 5.58. The minimum Gasteiger partial charge on any atom is -0.389 e. The van der Waals surface area contributed by atoms with E-state index in [1.165, 1.54) is 24.1 Å². The third kappa shape index (κ3) is 8.51. The van der Waals surface area contributed by atoms with Crippen LogP contribution in [0, 0.1) is 12.8 Å². The van der Waals surface area contributed by atoms with Crippen molar-refractivity contribution in [2.75, 3.05) is 19.8 Å². The molecule has 0 aliphatic rings. The fraction of sp³-hybridized carbons (Fsp3) is 0.812. The Morgan fingerprint density at radius 3 is 2.81 bits per heavy atom. The Kier molecular flexibility index (Phi) is 9.83. The van der Waals surface area contributed by atoms with E-state index in [0.29, 0.717) is 19.1 Å². The Balaban J connectivity index is 2.06. The molecule has 0 aromatic carbocycles. The number of aryl methyl sites for hydroxylation is 1. The summed E-state index contributed by atoms with van der Waals surface area (Å²) in [4.78, 5) is 5.41. The zero-order valence-corrected chi connectivity index (χ0v) is 14.4. The van der Waals surface area contributed by atoms with Gasteiger partial charge in [-0.15, -0.1) is 11.3 Å². The lowest BCUT2D eigenvalue weighted by atomic mass is 10.0. The largest absolute Gasteiger partial charge is 0.389 e. The first-order valence-electron chi connectivity index (χ1n) is 8.03. The van der Waals surface area contributed by atoms with Crippen molar-refractivity contribution in [2.24, 2.45) is 5.92 Å². The fourth-order valence-corrected chi connectivity index (χ4v) is 2.94. The first-order chi connectivity index (χ1) is 10.2. The number of aromatic nitrogens is 1. The second-order valence-corrected chi connectivity index (χ2v) is 6.90. The van der Waals surface area contributed by atoms with Crippen LogP contribution in [0.15, 0.2) is 6.20 Å². The van der Waals surface area contributed by atoms with Crippen molar-refractivity contribution in [2.45, 2.75) is 59.1 Å². The van der Waals surface area contributed by atoms with Gasteiger partial charge in [-0.1, -0.05) is 33.1 Å². The summed E-state index contributed by atoms with van der Waals surface area (Å²) in [6.07, 6.45) is 6.32. The lowest BCUT2D eigenvalue weighted by Gasteiger charge is -2.17. The van der Waals surface area contributed by atoms with E-state index in [4.69, 9.17) is 4.74 Å². The van der Waals surface area contributed by atoms with Crippen molar-refractivity contribution >= 4 is 11.3 Å². The number of hydrogen-bond donors (Lipinski definition) is 2. The summed E-state index contributed by atoms with van der Waals surface area (Å²) >= 11 is 1.69. The molecule has 0 bridgehead atoms. The summed E-state index contributed by atoms with van der Waals surface area (Å²) in [7, 11) is 0. The fourth-order valence-electron chi connectivity index (χ4n) is 2.18. The molecule has 1 heterocycles. The standard InChI is InChI=1S/C16H30N2O2S/c1-4-6-7-14(5-2)11-20-12-15(19)8-17-9-16-10-18-13(3)21-16/h10,14-15,17,19H,4-9,11-12H2,1-3H3. The molecule has 0 fully saturated rings. The van der Waals surface area contributed by atoms with E-state index in [9.17, 15) is 5.11 Å². The van der Waals surface area contributed by atoms with Gasteiger partial charge in [-0.25, -0.2) is 4.98 Å². The molecule has 0 aliphatic carbocycles. The number of thiazole rings is 1. The number of aliphatic hydroxyl groups excluding tert-OH is 1. The smallest absolute Gasteiger partial charge is 0.0897 e. The SMILES string of the molecule is CCCCC(CC)COCC(O)CNCc1cnc(C)s1. The molecule has 21 heavy (non-hydrogen) atoms. The van der Waals surface area contributed by atoms with E-state index in [1.807, 2.05) is 13.1 Å². The Hall–Kier alpha value is -0.490. The minimum atomic E-state index is -0.442. The van der Waals surface area contributed by atoms with Crippen molar-refractivity contribution < 1.29 is 9.84 Å². The van der Waals surface area contributed by atoms with Crippen molar-refractivity contribution in [3.8, 4) is 0 Å². The average molecular weight is 314 g/mol. The normalized spacial score (nSPS) is 14.3. The monoisotopic (exact) mass is 314 g/mol. The molecule has 122 valence electrons. The highest BCUT2D eigenvalue weighted by atomic mass is 32.1. The first-order valence-corrected chi connectivity index (χ1v) is 8.85. The third-order valence-electron chi connectivity index (χ3n) is 3.56. The predicted molar refractivity (Wildman–Crippen MR) is 88.7 cm³/mol. The Bertz CT molecular complexity index is 371. The number of aliphatic hydroxyl groups is 1. The molecule has 4 nitrogen and oxygen atoms in total. The molecule has 2 N–H and O–H groups in total. The van der Waals surface area contributed by atoms with E-state index in [-0.39, 0.29) is 0 Å². The molecule has 0 spiro atoms. The van der Waals surface area contributed by atoms with E-state index >= 15 is 0 Å². The molecule has 1 aromatic heterocycles. The van der Waals surface area contributed by atoms with Crippen LogP contribution in [0.4, 0.5) is 0 Å². The number of nitrogens with zero attached hydrogens (tertiary/aromatic N) is 1. The molecule has 0 amide bonds. The van der Waals surface area contributed by atoms with Crippen LogP contribution in [0.25, 0.3) is 0 Å². The summed E-state index contributed by atoms with van der Waals surface area (Å²) in [5, 5.41) is 14.2. The number of hydrogen-bond acceptors (Lipinski definition) is 5. The number of unbranched alkanes of at least 4 members (excludes halogenated alkanes) is 1.